The van der Waals surface area contributed by atoms with E-state index in [2.05, 4.69) is 5.32 Å². The van der Waals surface area contributed by atoms with Crippen molar-refractivity contribution < 1.29 is 28.2 Å². The Bertz CT molecular complexity index is 994. The zero-order chi connectivity index (χ0) is 20.9. The van der Waals surface area contributed by atoms with E-state index in [1.54, 1.807) is 49.6 Å². The fraction of sp³-hybridized carbons (Fsp3) is 0.364. The molecule has 0 saturated carbocycles. The zero-order valence-corrected chi connectivity index (χ0v) is 16.7. The molecule has 0 unspecified atom stereocenters. The molecule has 3 aliphatic heterocycles. The SMILES string of the molecule is COc1cc(NC(=O)[C@@H]2[C@H]3C(=O)N(Cc4ccco4)C[C@]34C=C[C@H]2O4)cc(OC)c1. The van der Waals surface area contributed by atoms with Gasteiger partial charge in [0.2, 0.25) is 11.8 Å². The predicted molar refractivity (Wildman–Crippen MR) is 106 cm³/mol. The van der Waals surface area contributed by atoms with Gasteiger partial charge in [0, 0.05) is 23.9 Å². The minimum absolute atomic E-state index is 0.0957. The number of hydrogen-bond donors (Lipinski definition) is 1. The smallest absolute Gasteiger partial charge is 0.231 e. The second-order valence-corrected chi connectivity index (χ2v) is 7.76. The average Bonchev–Trinajstić information content (AvgIpc) is 3.51. The fourth-order valence-electron chi connectivity index (χ4n) is 4.71. The summed E-state index contributed by atoms with van der Waals surface area (Å²) in [6, 6.07) is 8.75. The number of anilines is 1. The molecule has 2 amide bonds. The summed E-state index contributed by atoms with van der Waals surface area (Å²) >= 11 is 0. The Kier molecular flexibility index (Phi) is 4.32. The van der Waals surface area contributed by atoms with Gasteiger partial charge in [-0.3, -0.25) is 9.59 Å². The number of likely N-dealkylation sites (tertiary alicyclic amines) is 1. The third-order valence-corrected chi connectivity index (χ3v) is 6.03. The molecule has 30 heavy (non-hydrogen) atoms. The summed E-state index contributed by atoms with van der Waals surface area (Å²) in [6.07, 6.45) is 4.98. The van der Waals surface area contributed by atoms with E-state index in [0.717, 1.165) is 0 Å². The zero-order valence-electron chi connectivity index (χ0n) is 16.7. The quantitative estimate of drug-likeness (QED) is 0.735. The van der Waals surface area contributed by atoms with Crippen molar-refractivity contribution in [3.63, 3.8) is 0 Å². The first-order chi connectivity index (χ1) is 14.5. The Morgan fingerprint density at radius 1 is 1.27 bits per heavy atom. The number of ether oxygens (including phenoxy) is 3. The maximum atomic E-state index is 13.2. The molecular weight excluding hydrogens is 388 g/mol. The number of fused-ring (bicyclic) bond motifs is 1. The second kappa shape index (κ2) is 6.91. The normalized spacial score (nSPS) is 28.7. The first-order valence-corrected chi connectivity index (χ1v) is 9.75. The van der Waals surface area contributed by atoms with Crippen LogP contribution < -0.4 is 14.8 Å². The summed E-state index contributed by atoms with van der Waals surface area (Å²) in [5.74, 6) is 0.291. The number of rotatable bonds is 6. The molecule has 156 valence electrons. The first-order valence-electron chi connectivity index (χ1n) is 9.75. The number of carbonyl (C=O) groups excluding carboxylic acids is 2. The lowest BCUT2D eigenvalue weighted by Gasteiger charge is -2.23. The van der Waals surface area contributed by atoms with Crippen LogP contribution >= 0.6 is 0 Å². The Balaban J connectivity index is 1.38. The molecule has 4 atom stereocenters. The molecule has 2 bridgehead atoms. The fourth-order valence-corrected chi connectivity index (χ4v) is 4.71. The van der Waals surface area contributed by atoms with E-state index in [1.807, 2.05) is 18.2 Å². The van der Waals surface area contributed by atoms with Gasteiger partial charge in [-0.25, -0.2) is 0 Å². The number of nitrogens with one attached hydrogen (secondary N) is 1. The summed E-state index contributed by atoms with van der Waals surface area (Å²) in [7, 11) is 3.09. The maximum absolute atomic E-state index is 13.2. The Morgan fingerprint density at radius 3 is 2.70 bits per heavy atom. The van der Waals surface area contributed by atoms with Gasteiger partial charge in [0.05, 0.1) is 51.5 Å². The van der Waals surface area contributed by atoms with Crippen molar-refractivity contribution in [2.75, 3.05) is 26.1 Å². The van der Waals surface area contributed by atoms with Crippen molar-refractivity contribution >= 4 is 17.5 Å². The summed E-state index contributed by atoms with van der Waals surface area (Å²) in [4.78, 5) is 28.1. The molecule has 3 aliphatic rings. The van der Waals surface area contributed by atoms with E-state index in [-0.39, 0.29) is 11.8 Å². The predicted octanol–water partition coefficient (Wildman–Crippen LogP) is 2.22. The molecule has 5 rings (SSSR count). The van der Waals surface area contributed by atoms with Crippen molar-refractivity contribution in [3.05, 3.63) is 54.5 Å². The van der Waals surface area contributed by atoms with Crippen LogP contribution in [-0.4, -0.2) is 49.2 Å². The van der Waals surface area contributed by atoms with E-state index in [0.29, 0.717) is 36.0 Å². The van der Waals surface area contributed by atoms with E-state index in [4.69, 9.17) is 18.6 Å². The van der Waals surface area contributed by atoms with Gasteiger partial charge in [-0.2, -0.15) is 0 Å². The number of nitrogens with zero attached hydrogens (tertiary/aromatic N) is 1. The number of amides is 2. The molecule has 1 spiro atoms. The molecule has 0 aliphatic carbocycles. The Morgan fingerprint density at radius 2 is 2.03 bits per heavy atom. The molecule has 4 heterocycles. The molecule has 8 nitrogen and oxygen atoms in total. The second-order valence-electron chi connectivity index (χ2n) is 7.76. The average molecular weight is 410 g/mol. The Labute approximate surface area is 173 Å². The number of methoxy groups -OCH3 is 2. The van der Waals surface area contributed by atoms with Crippen LogP contribution in [0.25, 0.3) is 0 Å². The molecule has 1 aromatic carbocycles. The summed E-state index contributed by atoms with van der Waals surface area (Å²) in [5.41, 5.74) is -0.225. The minimum atomic E-state index is -0.761. The molecule has 2 fully saturated rings. The molecular formula is C22H22N2O6. The number of benzene rings is 1. The van der Waals surface area contributed by atoms with Gasteiger partial charge in [0.25, 0.3) is 0 Å². The van der Waals surface area contributed by atoms with Gasteiger partial charge in [-0.1, -0.05) is 12.2 Å². The van der Waals surface area contributed by atoms with Gasteiger partial charge in [-0.05, 0) is 12.1 Å². The third-order valence-electron chi connectivity index (χ3n) is 6.03. The monoisotopic (exact) mass is 410 g/mol. The molecule has 8 heteroatoms. The third kappa shape index (κ3) is 2.87. The van der Waals surface area contributed by atoms with E-state index < -0.39 is 23.5 Å². The first kappa shape index (κ1) is 18.7. The molecule has 2 saturated heterocycles. The topological polar surface area (TPSA) is 90.2 Å². The lowest BCUT2D eigenvalue weighted by molar-refractivity contribution is -0.136. The summed E-state index contributed by atoms with van der Waals surface area (Å²) in [6.45, 7) is 0.758. The van der Waals surface area contributed by atoms with Crippen molar-refractivity contribution in [2.24, 2.45) is 11.8 Å². The van der Waals surface area contributed by atoms with Gasteiger partial charge in [0.1, 0.15) is 22.9 Å². The van der Waals surface area contributed by atoms with Crippen molar-refractivity contribution in [2.45, 2.75) is 18.2 Å². The highest BCUT2D eigenvalue weighted by atomic mass is 16.5. The van der Waals surface area contributed by atoms with E-state index >= 15 is 0 Å². The van der Waals surface area contributed by atoms with Crippen LogP contribution in [0.15, 0.2) is 53.2 Å². The lowest BCUT2D eigenvalue weighted by Crippen LogP contribution is -2.41. The van der Waals surface area contributed by atoms with Gasteiger partial charge < -0.3 is 28.8 Å². The van der Waals surface area contributed by atoms with Crippen LogP contribution in [0.3, 0.4) is 0 Å². The van der Waals surface area contributed by atoms with E-state index in [1.165, 1.54) is 0 Å². The highest BCUT2D eigenvalue weighted by Gasteiger charge is 2.66. The van der Waals surface area contributed by atoms with Gasteiger partial charge in [0.15, 0.2) is 0 Å². The van der Waals surface area contributed by atoms with Crippen LogP contribution in [0.2, 0.25) is 0 Å². The van der Waals surface area contributed by atoms with Crippen LogP contribution in [0.5, 0.6) is 11.5 Å². The minimum Gasteiger partial charge on any atom is -0.497 e. The molecule has 0 radical (unpaired) electrons. The Hall–Kier alpha value is -3.26. The molecule has 2 aromatic rings. The van der Waals surface area contributed by atoms with Crippen molar-refractivity contribution in [1.82, 2.24) is 4.90 Å². The summed E-state index contributed by atoms with van der Waals surface area (Å²) < 4.78 is 22.1. The summed E-state index contributed by atoms with van der Waals surface area (Å²) in [5, 5.41) is 2.91. The van der Waals surface area contributed by atoms with Crippen LogP contribution in [0.1, 0.15) is 5.76 Å². The standard InChI is InChI=1S/C22H22N2O6/c1-27-15-8-13(9-16(10-15)28-2)23-20(25)18-17-5-6-22(30-17)12-24(21(26)19(18)22)11-14-4-3-7-29-14/h3-10,17-19H,11-12H2,1-2H3,(H,23,25)/t17-,18+,19+,22-/m1/s1. The van der Waals surface area contributed by atoms with Crippen LogP contribution in [0.4, 0.5) is 5.69 Å². The number of hydrogen-bond acceptors (Lipinski definition) is 6. The van der Waals surface area contributed by atoms with Crippen LogP contribution in [0, 0.1) is 11.8 Å². The van der Waals surface area contributed by atoms with Gasteiger partial charge in [-0.15, -0.1) is 0 Å². The lowest BCUT2D eigenvalue weighted by atomic mass is 9.77. The molecule has 1 N–H and O–H groups in total. The van der Waals surface area contributed by atoms with Gasteiger partial charge >= 0.3 is 0 Å². The van der Waals surface area contributed by atoms with Crippen LogP contribution in [-0.2, 0) is 20.9 Å². The largest absolute Gasteiger partial charge is 0.497 e. The number of carbonyl (C=O) groups is 2. The molecule has 1 aromatic heterocycles. The maximum Gasteiger partial charge on any atom is 0.231 e. The number of furan rings is 1. The highest BCUT2D eigenvalue weighted by molar-refractivity contribution is 5.99. The van der Waals surface area contributed by atoms with Crippen molar-refractivity contribution in [1.29, 1.82) is 0 Å². The van der Waals surface area contributed by atoms with E-state index in [9.17, 15) is 9.59 Å². The highest BCUT2D eigenvalue weighted by Crippen LogP contribution is 2.52. The van der Waals surface area contributed by atoms with Crippen molar-refractivity contribution in [3.8, 4) is 11.5 Å².